The van der Waals surface area contributed by atoms with Gasteiger partial charge in [0, 0.05) is 23.1 Å². The van der Waals surface area contributed by atoms with E-state index in [-0.39, 0.29) is 0 Å². The summed E-state index contributed by atoms with van der Waals surface area (Å²) in [6.07, 6.45) is 2.65. The number of nitrogens with two attached hydrogens (primary N) is 1. The van der Waals surface area contributed by atoms with Crippen LogP contribution < -0.4 is 10.5 Å². The van der Waals surface area contributed by atoms with E-state index >= 15 is 0 Å². The monoisotopic (exact) mass is 298 g/mol. The SMILES string of the molecule is NCc1c(Br)cccc1OCCN1CCCC1. The van der Waals surface area contributed by atoms with Crippen molar-refractivity contribution in [1.29, 1.82) is 0 Å². The molecular formula is C13H19BrN2O. The van der Waals surface area contributed by atoms with Gasteiger partial charge >= 0.3 is 0 Å². The van der Waals surface area contributed by atoms with Gasteiger partial charge in [-0.1, -0.05) is 22.0 Å². The van der Waals surface area contributed by atoms with Crippen LogP contribution in [0, 0.1) is 0 Å². The summed E-state index contributed by atoms with van der Waals surface area (Å²) in [7, 11) is 0. The largest absolute Gasteiger partial charge is 0.492 e. The first-order chi connectivity index (χ1) is 8.31. The molecule has 0 saturated carbocycles. The smallest absolute Gasteiger partial charge is 0.124 e. The molecule has 0 atom stereocenters. The van der Waals surface area contributed by atoms with E-state index in [0.29, 0.717) is 6.54 Å². The highest BCUT2D eigenvalue weighted by Crippen LogP contribution is 2.26. The average molecular weight is 299 g/mol. The third-order valence-electron chi connectivity index (χ3n) is 3.14. The van der Waals surface area contributed by atoms with Gasteiger partial charge in [0.1, 0.15) is 12.4 Å². The van der Waals surface area contributed by atoms with Crippen LogP contribution in [0.3, 0.4) is 0 Å². The zero-order valence-corrected chi connectivity index (χ0v) is 11.6. The average Bonchev–Trinajstić information content (AvgIpc) is 2.82. The van der Waals surface area contributed by atoms with Gasteiger partial charge < -0.3 is 10.5 Å². The minimum atomic E-state index is 0.500. The molecule has 1 aromatic carbocycles. The fraction of sp³-hybridized carbons (Fsp3) is 0.538. The van der Waals surface area contributed by atoms with Crippen LogP contribution in [0.1, 0.15) is 18.4 Å². The van der Waals surface area contributed by atoms with Crippen LogP contribution in [-0.4, -0.2) is 31.1 Å². The van der Waals surface area contributed by atoms with Crippen LogP contribution in [0.15, 0.2) is 22.7 Å². The number of ether oxygens (including phenoxy) is 1. The van der Waals surface area contributed by atoms with Crippen molar-refractivity contribution >= 4 is 15.9 Å². The summed E-state index contributed by atoms with van der Waals surface area (Å²) < 4.78 is 6.85. The lowest BCUT2D eigenvalue weighted by Crippen LogP contribution is -2.25. The van der Waals surface area contributed by atoms with E-state index < -0.39 is 0 Å². The Morgan fingerprint density at radius 1 is 1.29 bits per heavy atom. The molecule has 1 fully saturated rings. The first-order valence-corrected chi connectivity index (χ1v) is 6.93. The van der Waals surface area contributed by atoms with Gasteiger partial charge in [-0.25, -0.2) is 0 Å². The van der Waals surface area contributed by atoms with E-state index in [4.69, 9.17) is 10.5 Å². The van der Waals surface area contributed by atoms with E-state index in [9.17, 15) is 0 Å². The van der Waals surface area contributed by atoms with Gasteiger partial charge in [-0.05, 0) is 38.1 Å². The second-order valence-electron chi connectivity index (χ2n) is 4.32. The summed E-state index contributed by atoms with van der Waals surface area (Å²) in [5.74, 6) is 0.904. The van der Waals surface area contributed by atoms with Crippen LogP contribution in [0.5, 0.6) is 5.75 Å². The summed E-state index contributed by atoms with van der Waals surface area (Å²) in [5, 5.41) is 0. The number of rotatable bonds is 5. The lowest BCUT2D eigenvalue weighted by molar-refractivity contribution is 0.236. The lowest BCUT2D eigenvalue weighted by atomic mass is 10.2. The second-order valence-corrected chi connectivity index (χ2v) is 5.17. The molecule has 2 N–H and O–H groups in total. The van der Waals surface area contributed by atoms with Crippen LogP contribution in [0.4, 0.5) is 0 Å². The highest BCUT2D eigenvalue weighted by atomic mass is 79.9. The Bertz CT molecular complexity index is 364. The van der Waals surface area contributed by atoms with E-state index in [2.05, 4.69) is 20.8 Å². The van der Waals surface area contributed by atoms with Gasteiger partial charge in [0.2, 0.25) is 0 Å². The van der Waals surface area contributed by atoms with Gasteiger partial charge in [0.05, 0.1) is 0 Å². The topological polar surface area (TPSA) is 38.5 Å². The summed E-state index contributed by atoms with van der Waals surface area (Å²) in [5.41, 5.74) is 6.77. The minimum absolute atomic E-state index is 0.500. The fourth-order valence-electron chi connectivity index (χ4n) is 2.16. The Labute approximate surface area is 111 Å². The molecule has 1 saturated heterocycles. The molecule has 0 aliphatic carbocycles. The molecule has 1 aliphatic heterocycles. The Hall–Kier alpha value is -0.580. The first-order valence-electron chi connectivity index (χ1n) is 6.14. The number of nitrogens with zero attached hydrogens (tertiary/aromatic N) is 1. The van der Waals surface area contributed by atoms with Crippen LogP contribution in [-0.2, 0) is 6.54 Å². The fourth-order valence-corrected chi connectivity index (χ4v) is 2.67. The Morgan fingerprint density at radius 2 is 2.06 bits per heavy atom. The third kappa shape index (κ3) is 3.44. The van der Waals surface area contributed by atoms with Crippen molar-refractivity contribution in [2.45, 2.75) is 19.4 Å². The highest BCUT2D eigenvalue weighted by Gasteiger charge is 2.11. The maximum Gasteiger partial charge on any atom is 0.124 e. The molecule has 1 aliphatic rings. The normalized spacial score (nSPS) is 16.4. The first kappa shape index (κ1) is 12.9. The van der Waals surface area contributed by atoms with Crippen molar-refractivity contribution in [3.8, 4) is 5.75 Å². The summed E-state index contributed by atoms with van der Waals surface area (Å²) >= 11 is 3.50. The molecule has 2 rings (SSSR count). The zero-order valence-electron chi connectivity index (χ0n) is 9.99. The van der Waals surface area contributed by atoms with Gasteiger partial charge in [0.15, 0.2) is 0 Å². The van der Waals surface area contributed by atoms with Crippen LogP contribution >= 0.6 is 15.9 Å². The van der Waals surface area contributed by atoms with Gasteiger partial charge in [-0.2, -0.15) is 0 Å². The maximum absolute atomic E-state index is 5.82. The van der Waals surface area contributed by atoms with Crippen molar-refractivity contribution in [2.75, 3.05) is 26.2 Å². The van der Waals surface area contributed by atoms with E-state index in [1.54, 1.807) is 0 Å². The predicted molar refractivity (Wildman–Crippen MR) is 73.2 cm³/mol. The Kier molecular flexibility index (Phi) is 4.83. The standard InChI is InChI=1S/C13H19BrN2O/c14-12-4-3-5-13(11(12)10-15)17-9-8-16-6-1-2-7-16/h3-5H,1-2,6-10,15H2. The van der Waals surface area contributed by atoms with Crippen LogP contribution in [0.2, 0.25) is 0 Å². The minimum Gasteiger partial charge on any atom is -0.492 e. The number of hydrogen-bond acceptors (Lipinski definition) is 3. The molecule has 0 amide bonds. The second kappa shape index (κ2) is 6.38. The molecule has 0 radical (unpaired) electrons. The molecular weight excluding hydrogens is 280 g/mol. The number of halogens is 1. The molecule has 3 nitrogen and oxygen atoms in total. The maximum atomic E-state index is 5.82. The van der Waals surface area contributed by atoms with Crippen molar-refractivity contribution in [1.82, 2.24) is 4.90 Å². The Balaban J connectivity index is 1.87. The molecule has 0 unspecified atom stereocenters. The summed E-state index contributed by atoms with van der Waals surface area (Å²) in [6, 6.07) is 5.96. The molecule has 17 heavy (non-hydrogen) atoms. The van der Waals surface area contributed by atoms with Gasteiger partial charge in [-0.3, -0.25) is 4.90 Å². The predicted octanol–water partition coefficient (Wildman–Crippen LogP) is 2.38. The van der Waals surface area contributed by atoms with E-state index in [1.165, 1.54) is 25.9 Å². The number of likely N-dealkylation sites (tertiary alicyclic amines) is 1. The molecule has 1 heterocycles. The molecule has 94 valence electrons. The Morgan fingerprint density at radius 3 is 2.76 bits per heavy atom. The molecule has 0 bridgehead atoms. The van der Waals surface area contributed by atoms with Crippen molar-refractivity contribution in [3.05, 3.63) is 28.2 Å². The molecule has 1 aromatic rings. The van der Waals surface area contributed by atoms with Crippen molar-refractivity contribution < 1.29 is 4.74 Å². The summed E-state index contributed by atoms with van der Waals surface area (Å²) in [6.45, 7) is 4.68. The van der Waals surface area contributed by atoms with Gasteiger partial charge in [-0.15, -0.1) is 0 Å². The van der Waals surface area contributed by atoms with Crippen LogP contribution in [0.25, 0.3) is 0 Å². The third-order valence-corrected chi connectivity index (χ3v) is 3.89. The van der Waals surface area contributed by atoms with Crippen molar-refractivity contribution in [2.24, 2.45) is 5.73 Å². The molecule has 4 heteroatoms. The molecule has 0 aromatic heterocycles. The zero-order chi connectivity index (χ0) is 12.1. The molecule has 0 spiro atoms. The van der Waals surface area contributed by atoms with Crippen molar-refractivity contribution in [3.63, 3.8) is 0 Å². The van der Waals surface area contributed by atoms with E-state index in [0.717, 1.165) is 28.9 Å². The summed E-state index contributed by atoms with van der Waals surface area (Å²) in [4.78, 5) is 2.44. The number of benzene rings is 1. The quantitative estimate of drug-likeness (QED) is 0.907. The van der Waals surface area contributed by atoms with Gasteiger partial charge in [0.25, 0.3) is 0 Å². The van der Waals surface area contributed by atoms with E-state index in [1.807, 2.05) is 18.2 Å². The lowest BCUT2D eigenvalue weighted by Gasteiger charge is -2.16. The number of hydrogen-bond donors (Lipinski definition) is 1. The highest BCUT2D eigenvalue weighted by molar-refractivity contribution is 9.10.